The van der Waals surface area contributed by atoms with Crippen LogP contribution in [0.15, 0.2) is 117 Å². The molecule has 0 aliphatic heterocycles. The minimum atomic E-state index is -0.860. The van der Waals surface area contributed by atoms with Crippen molar-refractivity contribution in [3.05, 3.63) is 128 Å². The molecule has 0 aliphatic rings. The zero-order valence-corrected chi connectivity index (χ0v) is 27.5. The molecule has 0 bridgehead atoms. The third-order valence-electron chi connectivity index (χ3n) is 6.39. The first-order chi connectivity index (χ1) is 24.2. The minimum absolute atomic E-state index is 0.112. The Balaban J connectivity index is 1.36. The first kappa shape index (κ1) is 38.2. The van der Waals surface area contributed by atoms with Crippen LogP contribution in [0.1, 0.15) is 41.6 Å². The van der Waals surface area contributed by atoms with E-state index in [4.69, 9.17) is 37.9 Å². The van der Waals surface area contributed by atoms with Crippen molar-refractivity contribution in [1.82, 2.24) is 0 Å². The van der Waals surface area contributed by atoms with Crippen molar-refractivity contribution in [1.29, 1.82) is 0 Å². The van der Waals surface area contributed by atoms with Gasteiger partial charge in [-0.05, 0) is 105 Å². The van der Waals surface area contributed by atoms with E-state index in [-0.39, 0.29) is 42.6 Å². The lowest BCUT2D eigenvalue weighted by molar-refractivity contribution is -0.137. The summed E-state index contributed by atoms with van der Waals surface area (Å²) in [6.45, 7) is 15.4. The zero-order valence-electron chi connectivity index (χ0n) is 27.5. The molecule has 50 heavy (non-hydrogen) atoms. The fraction of sp³-hybridized carbons (Fsp3) is 0.211. The van der Waals surface area contributed by atoms with Crippen LogP contribution in [0.4, 0.5) is 9.59 Å². The Labute approximate surface area is 290 Å². The van der Waals surface area contributed by atoms with Crippen LogP contribution in [0.5, 0.6) is 23.0 Å². The van der Waals surface area contributed by atoms with Gasteiger partial charge in [-0.2, -0.15) is 0 Å². The lowest BCUT2D eigenvalue weighted by Gasteiger charge is -2.11. The van der Waals surface area contributed by atoms with Gasteiger partial charge in [0, 0.05) is 11.6 Å². The molecule has 0 aliphatic carbocycles. The highest BCUT2D eigenvalue weighted by Gasteiger charge is 2.12. The van der Waals surface area contributed by atoms with Crippen molar-refractivity contribution in [3.8, 4) is 23.0 Å². The van der Waals surface area contributed by atoms with Crippen LogP contribution in [0, 0.1) is 0 Å². The predicted octanol–water partition coefficient (Wildman–Crippen LogP) is 7.99. The molecular weight excluding hydrogens is 648 g/mol. The second-order valence-electron chi connectivity index (χ2n) is 10.1. The van der Waals surface area contributed by atoms with Crippen molar-refractivity contribution in [2.75, 3.05) is 26.4 Å². The second kappa shape index (κ2) is 20.8. The Hall–Kier alpha value is -6.30. The normalized spacial score (nSPS) is 10.1. The number of esters is 2. The Morgan fingerprint density at radius 2 is 0.880 bits per heavy atom. The molecule has 12 heteroatoms. The molecule has 0 radical (unpaired) electrons. The Morgan fingerprint density at radius 1 is 0.480 bits per heavy atom. The van der Waals surface area contributed by atoms with Crippen LogP contribution in [0.3, 0.4) is 0 Å². The molecule has 0 saturated carbocycles. The molecule has 0 N–H and O–H groups in total. The van der Waals surface area contributed by atoms with E-state index in [9.17, 15) is 19.2 Å². The number of benzene rings is 3. The van der Waals surface area contributed by atoms with Crippen LogP contribution < -0.4 is 18.9 Å². The van der Waals surface area contributed by atoms with E-state index in [1.54, 1.807) is 48.5 Å². The van der Waals surface area contributed by atoms with E-state index in [0.717, 1.165) is 6.08 Å². The number of hydrogen-bond donors (Lipinski definition) is 0. The van der Waals surface area contributed by atoms with E-state index in [0.29, 0.717) is 55.1 Å². The topological polar surface area (TPSA) is 142 Å². The number of carbonyl (C=O) groups excluding carboxylic acids is 4. The first-order valence-electron chi connectivity index (χ1n) is 15.5. The van der Waals surface area contributed by atoms with Gasteiger partial charge in [0.15, 0.2) is 0 Å². The summed E-state index contributed by atoms with van der Waals surface area (Å²) in [4.78, 5) is 47.4. The fourth-order valence-corrected chi connectivity index (χ4v) is 3.78. The fourth-order valence-electron chi connectivity index (χ4n) is 3.78. The van der Waals surface area contributed by atoms with Gasteiger partial charge in [-0.25, -0.2) is 19.2 Å². The van der Waals surface area contributed by atoms with Crippen LogP contribution in [-0.4, -0.2) is 50.7 Å². The van der Waals surface area contributed by atoms with Gasteiger partial charge in [0.05, 0.1) is 32.0 Å². The van der Waals surface area contributed by atoms with Gasteiger partial charge < -0.3 is 37.9 Å². The van der Waals surface area contributed by atoms with Gasteiger partial charge in [-0.15, -0.1) is 0 Å². The zero-order chi connectivity index (χ0) is 36.1. The number of unbranched alkanes of at least 4 members (excludes halogenated alkanes) is 2. The Bertz CT molecular complexity index is 1500. The summed E-state index contributed by atoms with van der Waals surface area (Å²) < 4.78 is 41.7. The van der Waals surface area contributed by atoms with Crippen LogP contribution >= 0.6 is 0 Å². The molecule has 0 saturated heterocycles. The third-order valence-corrected chi connectivity index (χ3v) is 6.39. The SMILES string of the molecule is C=CC(=C)OCCCCOC(=O)Oc1ccc(C(=O)Oc2ccc(OC(=C)c3ccc(OC(=O)OCCCCOC(=O)C=C)cc3)cc2)cc1. The van der Waals surface area contributed by atoms with Gasteiger partial charge in [0.1, 0.15) is 34.5 Å². The highest BCUT2D eigenvalue weighted by atomic mass is 16.7. The molecule has 0 unspecified atom stereocenters. The van der Waals surface area contributed by atoms with Gasteiger partial charge in [0.2, 0.25) is 0 Å². The Morgan fingerprint density at radius 3 is 1.36 bits per heavy atom. The summed E-state index contributed by atoms with van der Waals surface area (Å²) in [6, 6.07) is 18.6. The highest BCUT2D eigenvalue weighted by Crippen LogP contribution is 2.25. The standard InChI is InChI=1S/C38H38O12/c1-5-27(3)43-23-7-9-25-45-38(42)50-34-17-13-30(14-18-34)36(40)48-32-21-19-31(20-22-32)47-28(4)29-11-15-33(16-12-29)49-37(41)46-26-10-8-24-44-35(39)6-2/h5-6,11-22H,1-4,7-10,23-26H2. The molecule has 3 rings (SSSR count). The maximum atomic E-state index is 12.6. The molecule has 3 aromatic carbocycles. The van der Waals surface area contributed by atoms with Crippen molar-refractivity contribution < 1.29 is 57.1 Å². The minimum Gasteiger partial charge on any atom is -0.494 e. The number of ether oxygens (including phenoxy) is 8. The van der Waals surface area contributed by atoms with Crippen molar-refractivity contribution in [2.24, 2.45) is 0 Å². The predicted molar refractivity (Wildman–Crippen MR) is 183 cm³/mol. The molecule has 12 nitrogen and oxygen atoms in total. The van der Waals surface area contributed by atoms with E-state index in [1.807, 2.05) is 0 Å². The second-order valence-corrected chi connectivity index (χ2v) is 10.1. The van der Waals surface area contributed by atoms with Crippen molar-refractivity contribution in [3.63, 3.8) is 0 Å². The summed E-state index contributed by atoms with van der Waals surface area (Å²) in [5.74, 6) is 0.885. The van der Waals surface area contributed by atoms with Gasteiger partial charge in [-0.1, -0.05) is 26.3 Å². The molecule has 0 fully saturated rings. The van der Waals surface area contributed by atoms with E-state index >= 15 is 0 Å². The lowest BCUT2D eigenvalue weighted by Crippen LogP contribution is -2.12. The van der Waals surface area contributed by atoms with Gasteiger partial charge >= 0.3 is 24.2 Å². The number of carbonyl (C=O) groups is 4. The van der Waals surface area contributed by atoms with Gasteiger partial charge in [-0.3, -0.25) is 0 Å². The van der Waals surface area contributed by atoms with Gasteiger partial charge in [0.25, 0.3) is 0 Å². The van der Waals surface area contributed by atoms with E-state index in [1.165, 1.54) is 30.3 Å². The van der Waals surface area contributed by atoms with Crippen LogP contribution in [-0.2, 0) is 23.7 Å². The maximum Gasteiger partial charge on any atom is 0.513 e. The van der Waals surface area contributed by atoms with Crippen molar-refractivity contribution >= 4 is 30.0 Å². The summed E-state index contributed by atoms with van der Waals surface area (Å²) in [7, 11) is 0. The molecule has 0 aromatic heterocycles. The van der Waals surface area contributed by atoms with Crippen LogP contribution in [0.25, 0.3) is 5.76 Å². The average Bonchev–Trinajstić information content (AvgIpc) is 3.12. The summed E-state index contributed by atoms with van der Waals surface area (Å²) in [5.41, 5.74) is 0.873. The average molecular weight is 687 g/mol. The van der Waals surface area contributed by atoms with E-state index < -0.39 is 24.2 Å². The highest BCUT2D eigenvalue weighted by molar-refractivity contribution is 5.91. The van der Waals surface area contributed by atoms with E-state index in [2.05, 4.69) is 26.3 Å². The number of hydrogen-bond acceptors (Lipinski definition) is 12. The Kier molecular flexibility index (Phi) is 15.9. The molecule has 0 atom stereocenters. The maximum absolute atomic E-state index is 12.6. The summed E-state index contributed by atoms with van der Waals surface area (Å²) in [5, 5.41) is 0. The summed E-state index contributed by atoms with van der Waals surface area (Å²) >= 11 is 0. The molecular formula is C38H38O12. The lowest BCUT2D eigenvalue weighted by atomic mass is 10.2. The number of rotatable bonds is 20. The molecule has 262 valence electrons. The summed E-state index contributed by atoms with van der Waals surface area (Å²) in [6.07, 6.45) is 3.14. The van der Waals surface area contributed by atoms with Crippen LogP contribution in [0.2, 0.25) is 0 Å². The smallest absolute Gasteiger partial charge is 0.494 e. The number of allylic oxidation sites excluding steroid dienone is 1. The monoisotopic (exact) mass is 686 g/mol. The molecule has 0 spiro atoms. The van der Waals surface area contributed by atoms with Crippen molar-refractivity contribution in [2.45, 2.75) is 25.7 Å². The molecule has 0 amide bonds. The molecule has 0 heterocycles. The first-order valence-corrected chi connectivity index (χ1v) is 15.5. The molecule has 3 aromatic rings. The largest absolute Gasteiger partial charge is 0.513 e. The third kappa shape index (κ3) is 14.2. The quantitative estimate of drug-likeness (QED) is 0.0166.